The number of hydrogen-bond acceptors (Lipinski definition) is 5. The first-order chi connectivity index (χ1) is 9.16. The molecule has 2 aliphatic rings. The third-order valence-electron chi connectivity index (χ3n) is 3.65. The molecular weight excluding hydrogens is 272 g/mol. The van der Waals surface area contributed by atoms with E-state index in [2.05, 4.69) is 0 Å². The summed E-state index contributed by atoms with van der Waals surface area (Å²) >= 11 is 5.49. The molecule has 2 fully saturated rings. The zero-order valence-electron chi connectivity index (χ0n) is 10.8. The molecular formula is C13H19ClO5. The van der Waals surface area contributed by atoms with E-state index in [0.717, 1.165) is 0 Å². The lowest BCUT2D eigenvalue weighted by Gasteiger charge is -2.28. The molecule has 2 atom stereocenters. The zero-order valence-corrected chi connectivity index (χ0v) is 11.6. The lowest BCUT2D eigenvalue weighted by atomic mass is 9.97. The Morgan fingerprint density at radius 3 is 2.47 bits per heavy atom. The summed E-state index contributed by atoms with van der Waals surface area (Å²) < 4.78 is 16.0. The summed E-state index contributed by atoms with van der Waals surface area (Å²) in [4.78, 5) is 22.9. The summed E-state index contributed by atoms with van der Waals surface area (Å²) in [5, 5.41) is -0.330. The molecule has 0 aromatic carbocycles. The second kappa shape index (κ2) is 7.22. The largest absolute Gasteiger partial charge is 0.463 e. The fraction of sp³-hybridized carbons (Fsp3) is 0.846. The molecule has 0 bridgehead atoms. The van der Waals surface area contributed by atoms with Gasteiger partial charge in [-0.15, -0.1) is 0 Å². The normalized spacial score (nSPS) is 28.9. The molecule has 0 radical (unpaired) electrons. The van der Waals surface area contributed by atoms with E-state index in [1.165, 1.54) is 0 Å². The van der Waals surface area contributed by atoms with Crippen molar-refractivity contribution in [1.29, 1.82) is 0 Å². The fourth-order valence-corrected chi connectivity index (χ4v) is 2.63. The van der Waals surface area contributed by atoms with Crippen LogP contribution in [0.5, 0.6) is 0 Å². The molecule has 2 unspecified atom stereocenters. The van der Waals surface area contributed by atoms with Crippen LogP contribution in [0, 0.1) is 11.8 Å². The Bertz CT molecular complexity index is 327. The summed E-state index contributed by atoms with van der Waals surface area (Å²) in [6, 6.07) is 0. The van der Waals surface area contributed by atoms with Crippen molar-refractivity contribution in [2.45, 2.75) is 31.8 Å². The first-order valence-electron chi connectivity index (χ1n) is 6.72. The van der Waals surface area contributed by atoms with Crippen LogP contribution < -0.4 is 0 Å². The van der Waals surface area contributed by atoms with Crippen LogP contribution in [-0.4, -0.2) is 43.7 Å². The van der Waals surface area contributed by atoms with E-state index < -0.39 is 0 Å². The van der Waals surface area contributed by atoms with Crippen LogP contribution in [0.15, 0.2) is 0 Å². The molecule has 0 spiro atoms. The smallest absolute Gasteiger partial charge is 0.309 e. The first kappa shape index (κ1) is 14.8. The number of halogens is 1. The lowest BCUT2D eigenvalue weighted by Crippen LogP contribution is -2.34. The molecule has 0 N–H and O–H groups in total. The maximum Gasteiger partial charge on any atom is 0.309 e. The molecule has 0 saturated carbocycles. The molecule has 2 aliphatic heterocycles. The monoisotopic (exact) mass is 290 g/mol. The van der Waals surface area contributed by atoms with E-state index in [-0.39, 0.29) is 35.8 Å². The number of hydrogen-bond donors (Lipinski definition) is 0. The maximum absolute atomic E-state index is 11.8. The van der Waals surface area contributed by atoms with Crippen LogP contribution in [-0.2, 0) is 23.8 Å². The summed E-state index contributed by atoms with van der Waals surface area (Å²) in [5.74, 6) is -0.434. The SMILES string of the molecule is O=C(Cl)C1CCOC(COC(=O)C2CCOCC2)C1. The molecule has 5 nitrogen and oxygen atoms in total. The van der Waals surface area contributed by atoms with Gasteiger partial charge in [0.15, 0.2) is 0 Å². The van der Waals surface area contributed by atoms with Gasteiger partial charge in [-0.2, -0.15) is 0 Å². The van der Waals surface area contributed by atoms with Crippen molar-refractivity contribution in [1.82, 2.24) is 0 Å². The fourth-order valence-electron chi connectivity index (χ4n) is 2.43. The highest BCUT2D eigenvalue weighted by molar-refractivity contribution is 6.63. The van der Waals surface area contributed by atoms with Crippen molar-refractivity contribution in [3.8, 4) is 0 Å². The molecule has 19 heavy (non-hydrogen) atoms. The highest BCUT2D eigenvalue weighted by Crippen LogP contribution is 2.23. The number of ether oxygens (including phenoxy) is 3. The van der Waals surface area contributed by atoms with Gasteiger partial charge in [0.1, 0.15) is 6.61 Å². The Balaban J connectivity index is 1.72. The quantitative estimate of drug-likeness (QED) is 0.580. The third-order valence-corrected chi connectivity index (χ3v) is 3.96. The van der Waals surface area contributed by atoms with Crippen molar-refractivity contribution >= 4 is 22.8 Å². The molecule has 0 aliphatic carbocycles. The summed E-state index contributed by atoms with van der Waals surface area (Å²) in [6.07, 6.45) is 2.39. The van der Waals surface area contributed by atoms with Crippen molar-refractivity contribution < 1.29 is 23.8 Å². The second-order valence-corrected chi connectivity index (χ2v) is 5.41. The van der Waals surface area contributed by atoms with Gasteiger partial charge in [0, 0.05) is 25.7 Å². The van der Waals surface area contributed by atoms with Crippen LogP contribution in [0.3, 0.4) is 0 Å². The third kappa shape index (κ3) is 4.44. The average Bonchev–Trinajstić information content (AvgIpc) is 2.46. The van der Waals surface area contributed by atoms with Crippen molar-refractivity contribution in [2.24, 2.45) is 11.8 Å². The van der Waals surface area contributed by atoms with E-state index >= 15 is 0 Å². The minimum absolute atomic E-state index is 0.0669. The number of rotatable bonds is 4. The molecule has 0 amide bonds. The molecule has 0 aromatic rings. The number of esters is 1. The Labute approximate surface area is 117 Å². The molecule has 2 saturated heterocycles. The molecule has 2 heterocycles. The van der Waals surface area contributed by atoms with Gasteiger partial charge in [-0.1, -0.05) is 0 Å². The predicted octanol–water partition coefficient (Wildman–Crippen LogP) is 1.52. The van der Waals surface area contributed by atoms with E-state index in [1.807, 2.05) is 0 Å². The van der Waals surface area contributed by atoms with Gasteiger partial charge in [0.25, 0.3) is 0 Å². The Morgan fingerprint density at radius 2 is 1.79 bits per heavy atom. The zero-order chi connectivity index (χ0) is 13.7. The summed E-state index contributed by atoms with van der Waals surface area (Å²) in [5.41, 5.74) is 0. The Kier molecular flexibility index (Phi) is 5.60. The highest BCUT2D eigenvalue weighted by Gasteiger charge is 2.29. The lowest BCUT2D eigenvalue weighted by molar-refractivity contribution is -0.157. The van der Waals surface area contributed by atoms with Gasteiger partial charge >= 0.3 is 5.97 Å². The minimum Gasteiger partial charge on any atom is -0.463 e. The summed E-state index contributed by atoms with van der Waals surface area (Å²) in [6.45, 7) is 1.92. The van der Waals surface area contributed by atoms with Gasteiger partial charge < -0.3 is 14.2 Å². The standard InChI is InChI=1S/C13H19ClO5/c14-12(15)10-3-6-18-11(7-10)8-19-13(16)9-1-4-17-5-2-9/h9-11H,1-8H2. The van der Waals surface area contributed by atoms with E-state index in [1.54, 1.807) is 0 Å². The molecule has 108 valence electrons. The minimum atomic E-state index is -0.330. The summed E-state index contributed by atoms with van der Waals surface area (Å²) in [7, 11) is 0. The van der Waals surface area contributed by atoms with E-state index in [9.17, 15) is 9.59 Å². The van der Waals surface area contributed by atoms with Crippen LogP contribution in [0.4, 0.5) is 0 Å². The predicted molar refractivity (Wildman–Crippen MR) is 67.8 cm³/mol. The van der Waals surface area contributed by atoms with Gasteiger partial charge in [-0.05, 0) is 37.3 Å². The van der Waals surface area contributed by atoms with E-state index in [4.69, 9.17) is 25.8 Å². The molecule has 0 aromatic heterocycles. The van der Waals surface area contributed by atoms with Gasteiger partial charge in [0.05, 0.1) is 12.0 Å². The number of carbonyl (C=O) groups is 2. The van der Waals surface area contributed by atoms with Gasteiger partial charge in [-0.25, -0.2) is 0 Å². The average molecular weight is 291 g/mol. The van der Waals surface area contributed by atoms with Gasteiger partial charge in [-0.3, -0.25) is 9.59 Å². The molecule has 2 rings (SSSR count). The highest BCUT2D eigenvalue weighted by atomic mass is 35.5. The Hall–Kier alpha value is -0.650. The Morgan fingerprint density at radius 1 is 1.11 bits per heavy atom. The number of carbonyl (C=O) groups excluding carboxylic acids is 2. The molecule has 6 heteroatoms. The van der Waals surface area contributed by atoms with Crippen LogP contribution >= 0.6 is 11.6 Å². The van der Waals surface area contributed by atoms with Crippen molar-refractivity contribution in [3.63, 3.8) is 0 Å². The second-order valence-electron chi connectivity index (χ2n) is 5.03. The first-order valence-corrected chi connectivity index (χ1v) is 7.10. The van der Waals surface area contributed by atoms with Crippen LogP contribution in [0.1, 0.15) is 25.7 Å². The topological polar surface area (TPSA) is 61.8 Å². The van der Waals surface area contributed by atoms with Crippen molar-refractivity contribution in [3.05, 3.63) is 0 Å². The van der Waals surface area contributed by atoms with Crippen LogP contribution in [0.2, 0.25) is 0 Å². The van der Waals surface area contributed by atoms with Crippen LogP contribution in [0.25, 0.3) is 0 Å². The van der Waals surface area contributed by atoms with Crippen molar-refractivity contribution in [2.75, 3.05) is 26.4 Å². The van der Waals surface area contributed by atoms with E-state index in [0.29, 0.717) is 45.5 Å². The maximum atomic E-state index is 11.8. The van der Waals surface area contributed by atoms with Gasteiger partial charge in [0.2, 0.25) is 5.24 Å².